The minimum atomic E-state index is 0.808. The zero-order valence-electron chi connectivity index (χ0n) is 8.58. The zero-order chi connectivity index (χ0) is 10.4. The Morgan fingerprint density at radius 2 is 2.33 bits per heavy atom. The molecular weight excluding hydrogens is 188 g/mol. The number of amides is 1. The van der Waals surface area contributed by atoms with Crippen LogP contribution < -0.4 is 4.90 Å². The van der Waals surface area contributed by atoms with Gasteiger partial charge in [-0.25, -0.2) is 0 Å². The van der Waals surface area contributed by atoms with Gasteiger partial charge in [-0.2, -0.15) is 0 Å². The molecule has 1 aliphatic heterocycles. The zero-order valence-corrected chi connectivity index (χ0v) is 8.58. The number of aromatic amines is 1. The first-order valence-electron chi connectivity index (χ1n) is 5.13. The van der Waals surface area contributed by atoms with E-state index in [0.717, 1.165) is 25.1 Å². The first-order valence-corrected chi connectivity index (χ1v) is 5.13. The molecule has 1 aliphatic rings. The molecule has 0 fully saturated rings. The Labute approximate surface area is 87.7 Å². The van der Waals surface area contributed by atoms with Crippen molar-refractivity contribution in [3.8, 4) is 0 Å². The molecule has 2 heterocycles. The van der Waals surface area contributed by atoms with Crippen molar-refractivity contribution in [1.29, 1.82) is 0 Å². The van der Waals surface area contributed by atoms with E-state index in [4.69, 9.17) is 0 Å². The molecule has 0 aliphatic carbocycles. The number of benzene rings is 1. The lowest BCUT2D eigenvalue weighted by Gasteiger charge is -2.09. The van der Waals surface area contributed by atoms with Gasteiger partial charge in [-0.1, -0.05) is 0 Å². The van der Waals surface area contributed by atoms with Gasteiger partial charge in [0.15, 0.2) is 0 Å². The maximum atomic E-state index is 10.8. The van der Waals surface area contributed by atoms with Crippen molar-refractivity contribution in [2.75, 3.05) is 11.4 Å². The van der Waals surface area contributed by atoms with Gasteiger partial charge in [0.1, 0.15) is 0 Å². The average molecular weight is 200 g/mol. The molecule has 76 valence electrons. The maximum Gasteiger partial charge on any atom is 0.214 e. The molecule has 0 atom stereocenters. The number of hydrogen-bond donors (Lipinski definition) is 1. The molecule has 0 spiro atoms. The minimum Gasteiger partial charge on any atom is -0.359 e. The van der Waals surface area contributed by atoms with E-state index < -0.39 is 0 Å². The number of anilines is 1. The van der Waals surface area contributed by atoms with Gasteiger partial charge < -0.3 is 9.88 Å². The van der Waals surface area contributed by atoms with E-state index in [1.807, 2.05) is 12.1 Å². The fourth-order valence-electron chi connectivity index (χ4n) is 2.39. The van der Waals surface area contributed by atoms with Crippen molar-refractivity contribution in [2.24, 2.45) is 0 Å². The summed E-state index contributed by atoms with van der Waals surface area (Å²) in [5.41, 5.74) is 4.70. The summed E-state index contributed by atoms with van der Waals surface area (Å²) in [6, 6.07) is 6.22. The van der Waals surface area contributed by atoms with Crippen molar-refractivity contribution in [3.63, 3.8) is 0 Å². The van der Waals surface area contributed by atoms with E-state index in [0.29, 0.717) is 0 Å². The predicted molar refractivity (Wildman–Crippen MR) is 60.1 cm³/mol. The molecule has 0 saturated carbocycles. The van der Waals surface area contributed by atoms with Crippen LogP contribution in [0.25, 0.3) is 10.9 Å². The van der Waals surface area contributed by atoms with Crippen LogP contribution >= 0.6 is 0 Å². The first-order chi connectivity index (χ1) is 7.29. The summed E-state index contributed by atoms with van der Waals surface area (Å²) in [5.74, 6) is 0. The predicted octanol–water partition coefficient (Wildman–Crippen LogP) is 2.00. The van der Waals surface area contributed by atoms with Crippen molar-refractivity contribution in [1.82, 2.24) is 4.98 Å². The van der Waals surface area contributed by atoms with Crippen LogP contribution in [0.15, 0.2) is 18.2 Å². The molecular formula is C12H12N2O. The van der Waals surface area contributed by atoms with E-state index in [9.17, 15) is 4.79 Å². The summed E-state index contributed by atoms with van der Waals surface area (Å²) >= 11 is 0. The number of H-pyrrole nitrogens is 1. The summed E-state index contributed by atoms with van der Waals surface area (Å²) in [4.78, 5) is 15.9. The van der Waals surface area contributed by atoms with Crippen LogP contribution in [-0.2, 0) is 11.2 Å². The Balaban J connectivity index is 2.31. The minimum absolute atomic E-state index is 0.808. The van der Waals surface area contributed by atoms with Gasteiger partial charge >= 0.3 is 0 Å². The molecule has 1 amide bonds. The third-order valence-corrected chi connectivity index (χ3v) is 3.06. The van der Waals surface area contributed by atoms with Crippen LogP contribution in [0, 0.1) is 6.92 Å². The second-order valence-electron chi connectivity index (χ2n) is 4.03. The first kappa shape index (κ1) is 8.53. The third-order valence-electron chi connectivity index (χ3n) is 3.06. The van der Waals surface area contributed by atoms with E-state index in [1.54, 1.807) is 4.90 Å². The molecule has 0 bridgehead atoms. The monoisotopic (exact) mass is 200 g/mol. The largest absolute Gasteiger partial charge is 0.359 e. The fourth-order valence-corrected chi connectivity index (χ4v) is 2.39. The van der Waals surface area contributed by atoms with Gasteiger partial charge in [0.05, 0.1) is 0 Å². The van der Waals surface area contributed by atoms with Gasteiger partial charge in [0, 0.05) is 28.8 Å². The Bertz CT molecular complexity index is 542. The van der Waals surface area contributed by atoms with Crippen molar-refractivity contribution in [3.05, 3.63) is 29.5 Å². The Kier molecular flexibility index (Phi) is 1.63. The number of fused-ring (bicyclic) bond motifs is 3. The Morgan fingerprint density at radius 1 is 1.47 bits per heavy atom. The van der Waals surface area contributed by atoms with Gasteiger partial charge in [0.25, 0.3) is 0 Å². The van der Waals surface area contributed by atoms with Gasteiger partial charge in [0.2, 0.25) is 6.41 Å². The SMILES string of the molecule is Cc1cc2c3c(ccc2[nH]1)N(C=O)CC3. The highest BCUT2D eigenvalue weighted by Gasteiger charge is 2.20. The number of aryl methyl sites for hydroxylation is 1. The van der Waals surface area contributed by atoms with E-state index in [-0.39, 0.29) is 0 Å². The van der Waals surface area contributed by atoms with E-state index in [2.05, 4.69) is 18.0 Å². The number of rotatable bonds is 1. The molecule has 0 saturated heterocycles. The smallest absolute Gasteiger partial charge is 0.214 e. The number of carbonyl (C=O) groups excluding carboxylic acids is 1. The third kappa shape index (κ3) is 1.09. The summed E-state index contributed by atoms with van der Waals surface area (Å²) < 4.78 is 0. The standard InChI is InChI=1S/C12H12N2O/c1-8-6-10-9-4-5-14(7-15)12(9)3-2-11(10)13-8/h2-3,6-7,13H,4-5H2,1H3. The summed E-state index contributed by atoms with van der Waals surface area (Å²) in [6.45, 7) is 2.86. The summed E-state index contributed by atoms with van der Waals surface area (Å²) in [6.07, 6.45) is 1.87. The molecule has 1 aromatic heterocycles. The van der Waals surface area contributed by atoms with Crippen LogP contribution in [0.3, 0.4) is 0 Å². The molecule has 15 heavy (non-hydrogen) atoms. The number of carbonyl (C=O) groups is 1. The molecule has 0 unspecified atom stereocenters. The van der Waals surface area contributed by atoms with Gasteiger partial charge in [-0.15, -0.1) is 0 Å². The molecule has 0 radical (unpaired) electrons. The number of hydrogen-bond acceptors (Lipinski definition) is 1. The lowest BCUT2D eigenvalue weighted by atomic mass is 10.1. The quantitative estimate of drug-likeness (QED) is 0.702. The molecule has 3 nitrogen and oxygen atoms in total. The van der Waals surface area contributed by atoms with Crippen molar-refractivity contribution >= 4 is 23.0 Å². The molecule has 3 rings (SSSR count). The Hall–Kier alpha value is -1.77. The van der Waals surface area contributed by atoms with Crippen LogP contribution in [0.2, 0.25) is 0 Å². The maximum absolute atomic E-state index is 10.8. The highest BCUT2D eigenvalue weighted by molar-refractivity contribution is 5.93. The van der Waals surface area contributed by atoms with Crippen molar-refractivity contribution < 1.29 is 4.79 Å². The molecule has 1 aromatic carbocycles. The van der Waals surface area contributed by atoms with Crippen molar-refractivity contribution in [2.45, 2.75) is 13.3 Å². The second kappa shape index (κ2) is 2.86. The highest BCUT2D eigenvalue weighted by atomic mass is 16.1. The highest BCUT2D eigenvalue weighted by Crippen LogP contribution is 2.33. The molecule has 3 heteroatoms. The Morgan fingerprint density at radius 3 is 3.13 bits per heavy atom. The lowest BCUT2D eigenvalue weighted by Crippen LogP contribution is -2.17. The number of nitrogens with zero attached hydrogens (tertiary/aromatic N) is 1. The lowest BCUT2D eigenvalue weighted by molar-refractivity contribution is -0.107. The number of aromatic nitrogens is 1. The molecule has 1 N–H and O–H groups in total. The van der Waals surface area contributed by atoms with Gasteiger partial charge in [-0.3, -0.25) is 4.79 Å². The topological polar surface area (TPSA) is 36.1 Å². The molecule has 2 aromatic rings. The van der Waals surface area contributed by atoms with Crippen LogP contribution in [0.5, 0.6) is 0 Å². The van der Waals surface area contributed by atoms with E-state index >= 15 is 0 Å². The average Bonchev–Trinajstić information content (AvgIpc) is 2.78. The summed E-state index contributed by atoms with van der Waals surface area (Å²) in [7, 11) is 0. The van der Waals surface area contributed by atoms with Crippen LogP contribution in [0.1, 0.15) is 11.3 Å². The van der Waals surface area contributed by atoms with Crippen LogP contribution in [-0.4, -0.2) is 17.9 Å². The number of nitrogens with one attached hydrogen (secondary N) is 1. The summed E-state index contributed by atoms with van der Waals surface area (Å²) in [5, 5.41) is 1.26. The fraction of sp³-hybridized carbons (Fsp3) is 0.250. The second-order valence-corrected chi connectivity index (χ2v) is 4.03. The van der Waals surface area contributed by atoms with E-state index in [1.165, 1.54) is 22.2 Å². The normalized spacial score (nSPS) is 14.6. The van der Waals surface area contributed by atoms with Gasteiger partial charge in [-0.05, 0) is 37.1 Å². The van der Waals surface area contributed by atoms with Crippen LogP contribution in [0.4, 0.5) is 5.69 Å².